The van der Waals surface area contributed by atoms with Gasteiger partial charge >= 0.3 is 0 Å². The van der Waals surface area contributed by atoms with Gasteiger partial charge in [-0.15, -0.1) is 0 Å². The van der Waals surface area contributed by atoms with E-state index < -0.39 is 0 Å². The molecule has 0 atom stereocenters. The van der Waals surface area contributed by atoms with Gasteiger partial charge in [0.15, 0.2) is 11.7 Å². The van der Waals surface area contributed by atoms with E-state index in [0.717, 1.165) is 18.8 Å². The van der Waals surface area contributed by atoms with Crippen LogP contribution in [0.5, 0.6) is 0 Å². The molecule has 7 nitrogen and oxygen atoms in total. The van der Waals surface area contributed by atoms with Crippen LogP contribution in [0.3, 0.4) is 0 Å². The lowest BCUT2D eigenvalue weighted by atomic mass is 10.1. The molecule has 2 aromatic rings. The first kappa shape index (κ1) is 15.1. The van der Waals surface area contributed by atoms with Crippen LogP contribution >= 0.6 is 0 Å². The first-order valence-corrected chi connectivity index (χ1v) is 7.14. The topological polar surface area (TPSA) is 105 Å². The van der Waals surface area contributed by atoms with Crippen molar-refractivity contribution in [3.05, 3.63) is 24.2 Å². The fourth-order valence-corrected chi connectivity index (χ4v) is 1.73. The summed E-state index contributed by atoms with van der Waals surface area (Å²) in [7, 11) is 0. The molecular formula is C14H22N6O. The van der Waals surface area contributed by atoms with E-state index in [1.165, 1.54) is 0 Å². The Bertz CT molecular complexity index is 558. The minimum Gasteiger partial charge on any atom is -0.461 e. The molecule has 0 radical (unpaired) electrons. The molecule has 0 aliphatic rings. The lowest BCUT2D eigenvalue weighted by Gasteiger charge is -2.05. The number of guanidine groups is 1. The Morgan fingerprint density at radius 1 is 1.52 bits per heavy atom. The second kappa shape index (κ2) is 7.47. The van der Waals surface area contributed by atoms with Crippen LogP contribution in [0, 0.1) is 5.92 Å². The van der Waals surface area contributed by atoms with Crippen molar-refractivity contribution in [3.8, 4) is 11.6 Å². The molecule has 2 aromatic heterocycles. The highest BCUT2D eigenvalue weighted by atomic mass is 16.3. The highest BCUT2D eigenvalue weighted by Gasteiger charge is 2.07. The third-order valence-corrected chi connectivity index (χ3v) is 2.93. The average Bonchev–Trinajstić information content (AvgIpc) is 3.08. The van der Waals surface area contributed by atoms with E-state index in [-0.39, 0.29) is 0 Å². The van der Waals surface area contributed by atoms with E-state index >= 15 is 0 Å². The third-order valence-electron chi connectivity index (χ3n) is 2.93. The van der Waals surface area contributed by atoms with Gasteiger partial charge in [-0.1, -0.05) is 13.8 Å². The molecule has 0 saturated heterocycles. The molecule has 0 aliphatic heterocycles. The normalized spacial score (nSPS) is 12.0. The van der Waals surface area contributed by atoms with Crippen LogP contribution in [-0.4, -0.2) is 34.2 Å². The number of nitrogens with one attached hydrogen (secondary N) is 2. The Morgan fingerprint density at radius 2 is 2.38 bits per heavy atom. The first-order valence-electron chi connectivity index (χ1n) is 7.14. The molecule has 0 fully saturated rings. The average molecular weight is 290 g/mol. The Kier molecular flexibility index (Phi) is 5.36. The predicted octanol–water partition coefficient (Wildman–Crippen LogP) is 1.56. The maximum atomic E-state index is 5.78. The van der Waals surface area contributed by atoms with Crippen LogP contribution in [0.25, 0.3) is 11.6 Å². The lowest BCUT2D eigenvalue weighted by molar-refractivity contribution is 0.577. The van der Waals surface area contributed by atoms with Crippen molar-refractivity contribution in [2.75, 3.05) is 13.1 Å². The largest absolute Gasteiger partial charge is 0.461 e. The van der Waals surface area contributed by atoms with Gasteiger partial charge in [0.05, 0.1) is 6.26 Å². The minimum atomic E-state index is 0.474. The van der Waals surface area contributed by atoms with Crippen molar-refractivity contribution in [2.45, 2.75) is 26.7 Å². The van der Waals surface area contributed by atoms with Crippen LogP contribution in [0.4, 0.5) is 0 Å². The molecule has 0 aromatic carbocycles. The summed E-state index contributed by atoms with van der Waals surface area (Å²) >= 11 is 0. The van der Waals surface area contributed by atoms with Gasteiger partial charge in [0.25, 0.3) is 0 Å². The molecule has 2 rings (SSSR count). The SMILES string of the molecule is CC(C)CCN=C(N)NCCc1nc(-c2ccco2)n[nH]1. The summed E-state index contributed by atoms with van der Waals surface area (Å²) in [4.78, 5) is 8.62. The Balaban J connectivity index is 1.74. The van der Waals surface area contributed by atoms with E-state index in [2.05, 4.69) is 39.3 Å². The monoisotopic (exact) mass is 290 g/mol. The standard InChI is InChI=1S/C14H22N6O/c1-10(2)5-7-16-14(15)17-8-6-12-18-13(20-19-12)11-4-3-9-21-11/h3-4,9-10H,5-8H2,1-2H3,(H3,15,16,17)(H,18,19,20). The number of nitrogens with two attached hydrogens (primary N) is 1. The highest BCUT2D eigenvalue weighted by molar-refractivity contribution is 5.77. The summed E-state index contributed by atoms with van der Waals surface area (Å²) < 4.78 is 5.24. The first-order chi connectivity index (χ1) is 10.1. The zero-order valence-corrected chi connectivity index (χ0v) is 12.5. The van der Waals surface area contributed by atoms with E-state index in [9.17, 15) is 0 Å². The predicted molar refractivity (Wildman–Crippen MR) is 81.7 cm³/mol. The van der Waals surface area contributed by atoms with Crippen molar-refractivity contribution >= 4 is 5.96 Å². The third kappa shape index (κ3) is 4.94. The smallest absolute Gasteiger partial charge is 0.216 e. The number of aromatic amines is 1. The minimum absolute atomic E-state index is 0.474. The zero-order valence-electron chi connectivity index (χ0n) is 12.5. The second-order valence-electron chi connectivity index (χ2n) is 5.21. The van der Waals surface area contributed by atoms with Gasteiger partial charge in [-0.3, -0.25) is 10.1 Å². The Labute approximate surface area is 124 Å². The Hall–Kier alpha value is -2.31. The van der Waals surface area contributed by atoms with E-state index in [4.69, 9.17) is 10.2 Å². The van der Waals surface area contributed by atoms with Gasteiger partial charge in [-0.25, -0.2) is 4.98 Å². The zero-order chi connectivity index (χ0) is 15.1. The lowest BCUT2D eigenvalue weighted by Crippen LogP contribution is -2.33. The Morgan fingerprint density at radius 3 is 3.10 bits per heavy atom. The van der Waals surface area contributed by atoms with Crippen molar-refractivity contribution in [1.82, 2.24) is 20.5 Å². The van der Waals surface area contributed by atoms with E-state index in [0.29, 0.717) is 36.4 Å². The molecular weight excluding hydrogens is 268 g/mol. The summed E-state index contributed by atoms with van der Waals surface area (Å²) in [6.07, 6.45) is 3.33. The fraction of sp³-hybridized carbons (Fsp3) is 0.500. The van der Waals surface area contributed by atoms with Crippen LogP contribution < -0.4 is 11.1 Å². The summed E-state index contributed by atoms with van der Waals surface area (Å²) in [6, 6.07) is 3.63. The van der Waals surface area contributed by atoms with Gasteiger partial charge in [0.1, 0.15) is 5.82 Å². The number of H-pyrrole nitrogens is 1. The molecule has 0 aliphatic carbocycles. The molecule has 21 heavy (non-hydrogen) atoms. The molecule has 0 amide bonds. The van der Waals surface area contributed by atoms with Crippen molar-refractivity contribution in [2.24, 2.45) is 16.6 Å². The summed E-state index contributed by atoms with van der Waals surface area (Å²) in [5, 5.41) is 10.1. The van der Waals surface area contributed by atoms with Crippen LogP contribution in [-0.2, 0) is 6.42 Å². The van der Waals surface area contributed by atoms with Gasteiger partial charge in [-0.2, -0.15) is 5.10 Å². The molecule has 0 spiro atoms. The van der Waals surface area contributed by atoms with Gasteiger partial charge in [0, 0.05) is 19.5 Å². The number of aliphatic imine (C=N–C) groups is 1. The summed E-state index contributed by atoms with van der Waals surface area (Å²) in [6.45, 7) is 5.74. The maximum Gasteiger partial charge on any atom is 0.216 e. The molecule has 4 N–H and O–H groups in total. The van der Waals surface area contributed by atoms with Crippen LogP contribution in [0.2, 0.25) is 0 Å². The molecule has 2 heterocycles. The van der Waals surface area contributed by atoms with Crippen molar-refractivity contribution < 1.29 is 4.42 Å². The van der Waals surface area contributed by atoms with Crippen LogP contribution in [0.1, 0.15) is 26.1 Å². The van der Waals surface area contributed by atoms with Gasteiger partial charge in [-0.05, 0) is 24.5 Å². The number of hydrogen-bond acceptors (Lipinski definition) is 4. The number of furan rings is 1. The molecule has 0 unspecified atom stereocenters. The number of hydrogen-bond donors (Lipinski definition) is 3. The summed E-state index contributed by atoms with van der Waals surface area (Å²) in [5.74, 6) is 3.11. The molecule has 114 valence electrons. The van der Waals surface area contributed by atoms with Gasteiger partial charge in [0.2, 0.25) is 5.82 Å². The molecule has 0 bridgehead atoms. The number of nitrogens with zero attached hydrogens (tertiary/aromatic N) is 3. The number of rotatable bonds is 7. The molecule has 7 heteroatoms. The summed E-state index contributed by atoms with van der Waals surface area (Å²) in [5.41, 5.74) is 5.78. The highest BCUT2D eigenvalue weighted by Crippen LogP contribution is 2.14. The quantitative estimate of drug-likeness (QED) is 0.530. The molecule has 0 saturated carbocycles. The van der Waals surface area contributed by atoms with E-state index in [1.807, 2.05) is 6.07 Å². The van der Waals surface area contributed by atoms with Crippen LogP contribution in [0.15, 0.2) is 27.8 Å². The van der Waals surface area contributed by atoms with Crippen molar-refractivity contribution in [1.29, 1.82) is 0 Å². The second-order valence-corrected chi connectivity index (χ2v) is 5.21. The van der Waals surface area contributed by atoms with Crippen molar-refractivity contribution in [3.63, 3.8) is 0 Å². The van der Waals surface area contributed by atoms with Gasteiger partial charge < -0.3 is 15.5 Å². The van der Waals surface area contributed by atoms with E-state index in [1.54, 1.807) is 12.3 Å². The maximum absolute atomic E-state index is 5.78. The fourth-order valence-electron chi connectivity index (χ4n) is 1.73. The number of aromatic nitrogens is 3.